The van der Waals surface area contributed by atoms with Crippen molar-refractivity contribution in [3.8, 4) is 0 Å². The number of amides is 2. The maximum Gasteiger partial charge on any atom is 0.319 e. The Morgan fingerprint density at radius 3 is 2.60 bits per heavy atom. The minimum atomic E-state index is -0.976. The molecule has 0 radical (unpaired) electrons. The standard InChI is InChI=1S/C14H18N2O4/c1-10(17)11-2-4-12(5-3-11)16-13(18)15-8-14(19)6-7-20-9-14/h2-5,19H,6-9H2,1H3,(H2,15,16,18). The van der Waals surface area contributed by atoms with Gasteiger partial charge in [-0.25, -0.2) is 4.79 Å². The molecule has 1 saturated heterocycles. The molecule has 1 fully saturated rings. The van der Waals surface area contributed by atoms with E-state index in [0.29, 0.717) is 24.3 Å². The molecule has 1 aliphatic heterocycles. The van der Waals surface area contributed by atoms with Crippen molar-refractivity contribution in [1.29, 1.82) is 0 Å². The third kappa shape index (κ3) is 3.79. The molecule has 1 aliphatic rings. The molecule has 2 amide bonds. The van der Waals surface area contributed by atoms with Crippen molar-refractivity contribution < 1.29 is 19.4 Å². The van der Waals surface area contributed by atoms with Crippen molar-refractivity contribution in [2.75, 3.05) is 25.1 Å². The van der Waals surface area contributed by atoms with Crippen molar-refractivity contribution in [2.45, 2.75) is 18.9 Å². The zero-order chi connectivity index (χ0) is 14.6. The first-order valence-corrected chi connectivity index (χ1v) is 6.44. The predicted octanol–water partition coefficient (Wildman–Crippen LogP) is 1.16. The molecule has 6 nitrogen and oxygen atoms in total. The van der Waals surface area contributed by atoms with Gasteiger partial charge in [0, 0.05) is 24.3 Å². The smallest absolute Gasteiger partial charge is 0.319 e. The summed E-state index contributed by atoms with van der Waals surface area (Å²) in [6.07, 6.45) is 0.514. The number of benzene rings is 1. The Morgan fingerprint density at radius 2 is 2.05 bits per heavy atom. The van der Waals surface area contributed by atoms with E-state index in [1.807, 2.05) is 0 Å². The van der Waals surface area contributed by atoms with Crippen LogP contribution in [0.15, 0.2) is 24.3 Å². The first-order chi connectivity index (χ1) is 9.48. The maximum absolute atomic E-state index is 11.7. The number of hydrogen-bond donors (Lipinski definition) is 3. The summed E-state index contributed by atoms with van der Waals surface area (Å²) in [5.74, 6) is -0.0237. The van der Waals surface area contributed by atoms with E-state index < -0.39 is 11.6 Å². The van der Waals surface area contributed by atoms with Gasteiger partial charge in [-0.15, -0.1) is 0 Å². The lowest BCUT2D eigenvalue weighted by Gasteiger charge is -2.20. The Morgan fingerprint density at radius 1 is 1.35 bits per heavy atom. The Bertz CT molecular complexity index is 492. The number of ether oxygens (including phenoxy) is 1. The average molecular weight is 278 g/mol. The second-order valence-electron chi connectivity index (χ2n) is 4.97. The highest BCUT2D eigenvalue weighted by molar-refractivity contribution is 5.95. The molecule has 6 heteroatoms. The van der Waals surface area contributed by atoms with Gasteiger partial charge in [0.2, 0.25) is 0 Å². The van der Waals surface area contributed by atoms with Crippen LogP contribution < -0.4 is 10.6 Å². The van der Waals surface area contributed by atoms with Gasteiger partial charge in [-0.1, -0.05) is 0 Å². The highest BCUT2D eigenvalue weighted by Crippen LogP contribution is 2.17. The molecule has 1 aromatic carbocycles. The second kappa shape index (κ2) is 6.02. The first kappa shape index (κ1) is 14.5. The predicted molar refractivity (Wildman–Crippen MR) is 73.9 cm³/mol. The van der Waals surface area contributed by atoms with E-state index in [1.54, 1.807) is 24.3 Å². The summed E-state index contributed by atoms with van der Waals surface area (Å²) in [5.41, 5.74) is 0.200. The fraction of sp³-hybridized carbons (Fsp3) is 0.429. The van der Waals surface area contributed by atoms with Crippen molar-refractivity contribution in [1.82, 2.24) is 5.32 Å². The van der Waals surface area contributed by atoms with Crippen LogP contribution in [0.4, 0.5) is 10.5 Å². The van der Waals surface area contributed by atoms with E-state index in [0.717, 1.165) is 0 Å². The van der Waals surface area contributed by atoms with Crippen molar-refractivity contribution in [3.63, 3.8) is 0 Å². The third-order valence-corrected chi connectivity index (χ3v) is 3.21. The van der Waals surface area contributed by atoms with Crippen LogP contribution >= 0.6 is 0 Å². The molecule has 20 heavy (non-hydrogen) atoms. The van der Waals surface area contributed by atoms with E-state index in [4.69, 9.17) is 4.74 Å². The van der Waals surface area contributed by atoms with Gasteiger partial charge < -0.3 is 20.5 Å². The number of rotatable bonds is 4. The van der Waals surface area contributed by atoms with Crippen LogP contribution in [0.5, 0.6) is 0 Å². The molecule has 0 spiro atoms. The van der Waals surface area contributed by atoms with Crippen molar-refractivity contribution in [3.05, 3.63) is 29.8 Å². The highest BCUT2D eigenvalue weighted by Gasteiger charge is 2.32. The van der Waals surface area contributed by atoms with Crippen LogP contribution in [-0.2, 0) is 4.74 Å². The zero-order valence-electron chi connectivity index (χ0n) is 11.3. The Kier molecular flexibility index (Phi) is 4.36. The molecule has 1 unspecified atom stereocenters. The van der Waals surface area contributed by atoms with Gasteiger partial charge in [0.25, 0.3) is 0 Å². The highest BCUT2D eigenvalue weighted by atomic mass is 16.5. The minimum Gasteiger partial charge on any atom is -0.386 e. The van der Waals surface area contributed by atoms with E-state index in [-0.39, 0.29) is 18.9 Å². The fourth-order valence-corrected chi connectivity index (χ4v) is 1.94. The quantitative estimate of drug-likeness (QED) is 0.721. The summed E-state index contributed by atoms with van der Waals surface area (Å²) in [7, 11) is 0. The Hall–Kier alpha value is -1.92. The Labute approximate surface area is 117 Å². The molecule has 2 rings (SSSR count). The molecule has 3 N–H and O–H groups in total. The summed E-state index contributed by atoms with van der Waals surface area (Å²) in [6.45, 7) is 2.37. The Balaban J connectivity index is 1.83. The van der Waals surface area contributed by atoms with E-state index in [2.05, 4.69) is 10.6 Å². The van der Waals surface area contributed by atoms with Crippen molar-refractivity contribution in [2.24, 2.45) is 0 Å². The number of carbonyl (C=O) groups excluding carboxylic acids is 2. The lowest BCUT2D eigenvalue weighted by Crippen LogP contribution is -2.44. The molecule has 0 aliphatic carbocycles. The van der Waals surface area contributed by atoms with Crippen molar-refractivity contribution >= 4 is 17.5 Å². The van der Waals surface area contributed by atoms with Gasteiger partial charge in [-0.05, 0) is 31.2 Å². The molecule has 108 valence electrons. The topological polar surface area (TPSA) is 87.7 Å². The molecule has 0 bridgehead atoms. The van der Waals surface area contributed by atoms with Gasteiger partial charge in [0.15, 0.2) is 5.78 Å². The monoisotopic (exact) mass is 278 g/mol. The fourth-order valence-electron chi connectivity index (χ4n) is 1.94. The van der Waals surface area contributed by atoms with Crippen LogP contribution in [0.2, 0.25) is 0 Å². The average Bonchev–Trinajstić information content (AvgIpc) is 2.85. The first-order valence-electron chi connectivity index (χ1n) is 6.44. The van der Waals surface area contributed by atoms with Crippen LogP contribution in [0.3, 0.4) is 0 Å². The second-order valence-corrected chi connectivity index (χ2v) is 4.97. The maximum atomic E-state index is 11.7. The van der Waals surface area contributed by atoms with E-state index in [1.165, 1.54) is 6.92 Å². The largest absolute Gasteiger partial charge is 0.386 e. The van der Waals surface area contributed by atoms with Crippen LogP contribution in [0, 0.1) is 0 Å². The van der Waals surface area contributed by atoms with Gasteiger partial charge >= 0.3 is 6.03 Å². The van der Waals surface area contributed by atoms with Gasteiger partial charge in [-0.3, -0.25) is 4.79 Å². The van der Waals surface area contributed by atoms with Crippen LogP contribution in [0.25, 0.3) is 0 Å². The van der Waals surface area contributed by atoms with E-state index >= 15 is 0 Å². The zero-order valence-corrected chi connectivity index (χ0v) is 11.3. The molecule has 1 heterocycles. The minimum absolute atomic E-state index is 0.0237. The number of urea groups is 1. The normalized spacial score (nSPS) is 21.5. The number of nitrogens with one attached hydrogen (secondary N) is 2. The van der Waals surface area contributed by atoms with Gasteiger partial charge in [0.1, 0.15) is 5.60 Å². The number of Topliss-reactive ketones (excluding diaryl/α,β-unsaturated/α-hetero) is 1. The SMILES string of the molecule is CC(=O)c1ccc(NC(=O)NCC2(O)CCOC2)cc1. The number of hydrogen-bond acceptors (Lipinski definition) is 4. The summed E-state index contributed by atoms with van der Waals surface area (Å²) < 4.78 is 5.09. The number of carbonyl (C=O) groups is 2. The number of anilines is 1. The van der Waals surface area contributed by atoms with Crippen LogP contribution in [-0.4, -0.2) is 42.3 Å². The molecule has 0 saturated carbocycles. The third-order valence-electron chi connectivity index (χ3n) is 3.21. The summed E-state index contributed by atoms with van der Waals surface area (Å²) in [4.78, 5) is 22.8. The number of aliphatic hydroxyl groups is 1. The van der Waals surface area contributed by atoms with Crippen LogP contribution in [0.1, 0.15) is 23.7 Å². The van der Waals surface area contributed by atoms with Gasteiger partial charge in [-0.2, -0.15) is 0 Å². The summed E-state index contributed by atoms with van der Waals surface area (Å²) in [6, 6.07) is 6.21. The van der Waals surface area contributed by atoms with Gasteiger partial charge in [0.05, 0.1) is 13.2 Å². The molecular formula is C14H18N2O4. The molecule has 0 aromatic heterocycles. The molecule has 1 aromatic rings. The molecule has 1 atom stereocenters. The lowest BCUT2D eigenvalue weighted by molar-refractivity contribution is 0.0295. The lowest BCUT2D eigenvalue weighted by atomic mass is 10.0. The molecular weight excluding hydrogens is 260 g/mol. The summed E-state index contributed by atoms with van der Waals surface area (Å²) in [5, 5.41) is 15.2. The number of ketones is 1. The van der Waals surface area contributed by atoms with E-state index in [9.17, 15) is 14.7 Å². The summed E-state index contributed by atoms with van der Waals surface area (Å²) >= 11 is 0.